The fraction of sp³-hybridized carbons (Fsp3) is 0.364. The van der Waals surface area contributed by atoms with Gasteiger partial charge in [-0.05, 0) is 24.5 Å². The van der Waals surface area contributed by atoms with Crippen LogP contribution < -0.4 is 10.6 Å². The Kier molecular flexibility index (Phi) is 6.33. The van der Waals surface area contributed by atoms with Crippen molar-refractivity contribution in [3.05, 3.63) is 54.4 Å². The van der Waals surface area contributed by atoms with E-state index >= 15 is 0 Å². The van der Waals surface area contributed by atoms with Crippen LogP contribution in [-0.2, 0) is 20.6 Å². The van der Waals surface area contributed by atoms with Gasteiger partial charge in [0.2, 0.25) is 10.0 Å². The van der Waals surface area contributed by atoms with Crippen molar-refractivity contribution >= 4 is 38.3 Å². The van der Waals surface area contributed by atoms with Crippen molar-refractivity contribution in [2.75, 3.05) is 10.6 Å². The molecule has 0 radical (unpaired) electrons. The van der Waals surface area contributed by atoms with E-state index in [2.05, 4.69) is 10.3 Å². The third-order valence-corrected chi connectivity index (χ3v) is 7.22. The molecule has 1 fully saturated rings. The van der Waals surface area contributed by atoms with Crippen LogP contribution in [0, 0.1) is 0 Å². The van der Waals surface area contributed by atoms with E-state index in [1.807, 2.05) is 5.32 Å². The number of carbonyl (C=O) groups excluding carboxylic acids is 1. The topological polar surface area (TPSA) is 93.1 Å². The number of nitrogens with one attached hydrogen (secondary N) is 2. The van der Waals surface area contributed by atoms with Crippen molar-refractivity contribution in [1.82, 2.24) is 8.96 Å². The molecule has 7 nitrogen and oxygen atoms in total. The summed E-state index contributed by atoms with van der Waals surface area (Å²) in [7, 11) is -3.85. The average molecular weight is 481 g/mol. The summed E-state index contributed by atoms with van der Waals surface area (Å²) in [6.07, 6.45) is 2.00. The van der Waals surface area contributed by atoms with E-state index in [4.69, 9.17) is 0 Å². The molecule has 2 aromatic heterocycles. The number of alkyl halides is 3. The Morgan fingerprint density at radius 1 is 1.09 bits per heavy atom. The summed E-state index contributed by atoms with van der Waals surface area (Å²) in [5, 5.41) is 5.42. The maximum absolute atomic E-state index is 13.1. The first-order valence-electron chi connectivity index (χ1n) is 10.6. The monoisotopic (exact) mass is 480 g/mol. The quantitative estimate of drug-likeness (QED) is 0.535. The maximum Gasteiger partial charge on any atom is 0.471 e. The van der Waals surface area contributed by atoms with Gasteiger partial charge in [0.15, 0.2) is 5.65 Å². The van der Waals surface area contributed by atoms with E-state index in [0.29, 0.717) is 10.9 Å². The summed E-state index contributed by atoms with van der Waals surface area (Å²) >= 11 is 0. The molecule has 1 saturated carbocycles. The third-order valence-electron chi connectivity index (χ3n) is 5.63. The summed E-state index contributed by atoms with van der Waals surface area (Å²) < 4.78 is 65.7. The van der Waals surface area contributed by atoms with Crippen molar-refractivity contribution in [3.63, 3.8) is 0 Å². The van der Waals surface area contributed by atoms with Crippen LogP contribution in [0.2, 0.25) is 0 Å². The standard InChI is InChI=1S/C22H23F3N4O3S/c23-22(24,25)21(30)28-18-13-26-20-17(19(18)27-16-9-5-2-6-10-16)11-12-29(20)33(31,32)14-15-7-3-1-4-8-15/h1,3-4,7-8,11-13,16H,2,5-6,9-10,14H2,(H,26,27)(H,28,30). The van der Waals surface area contributed by atoms with Gasteiger partial charge in [-0.1, -0.05) is 49.6 Å². The third kappa shape index (κ3) is 5.13. The van der Waals surface area contributed by atoms with E-state index in [1.165, 1.54) is 12.3 Å². The number of nitrogens with zero attached hydrogens (tertiary/aromatic N) is 2. The molecule has 1 aliphatic carbocycles. The minimum atomic E-state index is -5.07. The van der Waals surface area contributed by atoms with E-state index in [0.717, 1.165) is 42.3 Å². The number of pyridine rings is 1. The second-order valence-electron chi connectivity index (χ2n) is 8.07. The smallest absolute Gasteiger partial charge is 0.380 e. The molecule has 4 rings (SSSR count). The fourth-order valence-electron chi connectivity index (χ4n) is 4.04. The van der Waals surface area contributed by atoms with Gasteiger partial charge in [0, 0.05) is 17.6 Å². The number of halogens is 3. The first kappa shape index (κ1) is 23.1. The van der Waals surface area contributed by atoms with Crippen LogP contribution in [0.25, 0.3) is 11.0 Å². The Morgan fingerprint density at radius 2 is 1.79 bits per heavy atom. The molecule has 0 saturated heterocycles. The Bertz CT molecular complexity index is 1250. The van der Waals surface area contributed by atoms with E-state index in [-0.39, 0.29) is 28.8 Å². The number of hydrogen-bond acceptors (Lipinski definition) is 5. The highest BCUT2D eigenvalue weighted by Crippen LogP contribution is 2.35. The zero-order valence-electron chi connectivity index (χ0n) is 17.6. The Hall–Kier alpha value is -3.08. The second-order valence-corrected chi connectivity index (χ2v) is 9.91. The van der Waals surface area contributed by atoms with Crippen molar-refractivity contribution < 1.29 is 26.4 Å². The van der Waals surface area contributed by atoms with Gasteiger partial charge in [-0.3, -0.25) is 4.79 Å². The maximum atomic E-state index is 13.1. The van der Waals surface area contributed by atoms with Gasteiger partial charge < -0.3 is 10.6 Å². The molecule has 2 N–H and O–H groups in total. The fourth-order valence-corrected chi connectivity index (χ4v) is 5.44. The van der Waals surface area contributed by atoms with Gasteiger partial charge in [-0.25, -0.2) is 17.4 Å². The summed E-state index contributed by atoms with van der Waals surface area (Å²) in [6.45, 7) is 0. The Labute approximate surface area is 189 Å². The summed E-state index contributed by atoms with van der Waals surface area (Å²) in [5.41, 5.74) is 0.759. The number of rotatable bonds is 6. The highest BCUT2D eigenvalue weighted by molar-refractivity contribution is 7.89. The van der Waals surface area contributed by atoms with Crippen LogP contribution in [0.5, 0.6) is 0 Å². The first-order chi connectivity index (χ1) is 15.6. The van der Waals surface area contributed by atoms with E-state index in [1.54, 1.807) is 30.3 Å². The van der Waals surface area contributed by atoms with Crippen LogP contribution in [0.3, 0.4) is 0 Å². The number of carbonyl (C=O) groups is 1. The number of amides is 1. The molecular weight excluding hydrogens is 457 g/mol. The van der Waals surface area contributed by atoms with Crippen molar-refractivity contribution in [1.29, 1.82) is 0 Å². The first-order valence-corrected chi connectivity index (χ1v) is 12.2. The van der Waals surface area contributed by atoms with Crippen LogP contribution >= 0.6 is 0 Å². The van der Waals surface area contributed by atoms with Gasteiger partial charge in [-0.2, -0.15) is 13.2 Å². The Balaban J connectivity index is 1.75. The lowest BCUT2D eigenvalue weighted by molar-refractivity contribution is -0.167. The van der Waals surface area contributed by atoms with Crippen molar-refractivity contribution in [2.24, 2.45) is 0 Å². The molecule has 3 aromatic rings. The van der Waals surface area contributed by atoms with Gasteiger partial charge in [0.05, 0.1) is 23.3 Å². The van der Waals surface area contributed by atoms with Gasteiger partial charge >= 0.3 is 12.1 Å². The minimum Gasteiger partial charge on any atom is -0.380 e. The molecule has 0 bridgehead atoms. The predicted molar refractivity (Wildman–Crippen MR) is 119 cm³/mol. The number of hydrogen-bond donors (Lipinski definition) is 2. The van der Waals surface area contributed by atoms with Gasteiger partial charge in [0.1, 0.15) is 0 Å². The normalized spacial score (nSPS) is 15.5. The van der Waals surface area contributed by atoms with Crippen LogP contribution in [0.4, 0.5) is 24.5 Å². The van der Waals surface area contributed by atoms with Crippen molar-refractivity contribution in [3.8, 4) is 0 Å². The molecule has 11 heteroatoms. The number of anilines is 2. The average Bonchev–Trinajstić information content (AvgIpc) is 3.21. The Morgan fingerprint density at radius 3 is 2.45 bits per heavy atom. The zero-order valence-corrected chi connectivity index (χ0v) is 18.4. The van der Waals surface area contributed by atoms with Crippen molar-refractivity contribution in [2.45, 2.75) is 50.1 Å². The molecule has 0 aliphatic heterocycles. The molecule has 176 valence electrons. The molecule has 0 atom stereocenters. The predicted octanol–water partition coefficient (Wildman–Crippen LogP) is 4.66. The lowest BCUT2D eigenvalue weighted by atomic mass is 9.95. The van der Waals surface area contributed by atoms with Crippen LogP contribution in [-0.4, -0.2) is 35.5 Å². The molecule has 0 spiro atoms. The molecule has 0 unspecified atom stereocenters. The highest BCUT2D eigenvalue weighted by Gasteiger charge is 2.39. The lowest BCUT2D eigenvalue weighted by Gasteiger charge is -2.25. The molecule has 33 heavy (non-hydrogen) atoms. The minimum absolute atomic E-state index is 0.00448. The van der Waals surface area contributed by atoms with Gasteiger partial charge in [0.25, 0.3) is 0 Å². The lowest BCUT2D eigenvalue weighted by Crippen LogP contribution is -2.31. The van der Waals surface area contributed by atoms with E-state index in [9.17, 15) is 26.4 Å². The highest BCUT2D eigenvalue weighted by atomic mass is 32.2. The summed E-state index contributed by atoms with van der Waals surface area (Å²) in [5.74, 6) is -2.39. The molecule has 1 aromatic carbocycles. The molecule has 1 aliphatic rings. The van der Waals surface area contributed by atoms with Crippen LogP contribution in [0.15, 0.2) is 48.8 Å². The summed E-state index contributed by atoms with van der Waals surface area (Å²) in [6, 6.07) is 10.1. The molecular formula is C22H23F3N4O3S. The largest absolute Gasteiger partial charge is 0.471 e. The molecule has 2 heterocycles. The number of fused-ring (bicyclic) bond motifs is 1. The number of aromatic nitrogens is 2. The van der Waals surface area contributed by atoms with Gasteiger partial charge in [-0.15, -0.1) is 0 Å². The summed E-state index contributed by atoms with van der Waals surface area (Å²) in [4.78, 5) is 15.7. The second kappa shape index (κ2) is 9.05. The van der Waals surface area contributed by atoms with Crippen LogP contribution in [0.1, 0.15) is 37.7 Å². The SMILES string of the molecule is O=C(Nc1cnc2c(ccn2S(=O)(=O)Cc2ccccc2)c1NC1CCCCC1)C(F)(F)F. The number of benzene rings is 1. The van der Waals surface area contributed by atoms with E-state index < -0.39 is 22.1 Å². The molecule has 1 amide bonds. The zero-order chi connectivity index (χ0) is 23.6.